The Morgan fingerprint density at radius 1 is 0.500 bits per heavy atom. The zero-order valence-electron chi connectivity index (χ0n) is 24.4. The summed E-state index contributed by atoms with van der Waals surface area (Å²) < 4.78 is 10.9. The van der Waals surface area contributed by atoms with Gasteiger partial charge in [-0.25, -0.2) is 9.59 Å². The van der Waals surface area contributed by atoms with Gasteiger partial charge in [-0.2, -0.15) is 0 Å². The van der Waals surface area contributed by atoms with Gasteiger partial charge in [-0.05, 0) is 95.8 Å². The monoisotopic (exact) mass is 588 g/mol. The Hall–Kier alpha value is -5.90. The molecule has 0 bridgehead atoms. The highest BCUT2D eigenvalue weighted by molar-refractivity contribution is 5.89. The van der Waals surface area contributed by atoms with E-state index in [1.807, 2.05) is 50.2 Å². The van der Waals surface area contributed by atoms with Crippen molar-refractivity contribution in [1.82, 2.24) is 20.4 Å². The molecule has 6 rings (SSSR count). The number of hydrogen-bond acceptors (Lipinski definition) is 8. The summed E-state index contributed by atoms with van der Waals surface area (Å²) in [6, 6.07) is 25.4. The van der Waals surface area contributed by atoms with Crippen LogP contribution in [0.3, 0.4) is 0 Å². The molecule has 0 amide bonds. The van der Waals surface area contributed by atoms with Gasteiger partial charge in [0.2, 0.25) is 23.6 Å². The lowest BCUT2D eigenvalue weighted by Gasteiger charge is -2.08. The van der Waals surface area contributed by atoms with E-state index >= 15 is 0 Å². The number of carbonyl (C=O) groups is 2. The number of aryl methyl sites for hydroxylation is 4. The number of aromatic carboxylic acids is 2. The van der Waals surface area contributed by atoms with E-state index in [1.54, 1.807) is 62.4 Å². The van der Waals surface area contributed by atoms with Gasteiger partial charge >= 0.3 is 11.9 Å². The van der Waals surface area contributed by atoms with Crippen molar-refractivity contribution < 1.29 is 28.6 Å². The second kappa shape index (κ2) is 12.5. The molecule has 0 saturated heterocycles. The van der Waals surface area contributed by atoms with Crippen LogP contribution in [0.4, 0.5) is 0 Å². The first-order valence-corrected chi connectivity index (χ1v) is 13.6. The minimum absolute atomic E-state index is 0.269. The molecule has 0 aliphatic heterocycles. The highest BCUT2D eigenvalue weighted by atomic mass is 16.4. The van der Waals surface area contributed by atoms with Crippen molar-refractivity contribution in [1.29, 1.82) is 0 Å². The minimum Gasteiger partial charge on any atom is -0.478 e. The van der Waals surface area contributed by atoms with Crippen LogP contribution in [0.15, 0.2) is 93.8 Å². The second-order valence-corrected chi connectivity index (χ2v) is 10.1. The van der Waals surface area contributed by atoms with Crippen LogP contribution in [0.2, 0.25) is 0 Å². The van der Waals surface area contributed by atoms with Crippen LogP contribution in [-0.2, 0) is 0 Å². The highest BCUT2D eigenvalue weighted by Gasteiger charge is 2.12. The molecule has 6 aromatic rings. The fourth-order valence-corrected chi connectivity index (χ4v) is 4.54. The van der Waals surface area contributed by atoms with E-state index < -0.39 is 11.9 Å². The molecule has 10 nitrogen and oxygen atoms in total. The molecule has 4 aromatic carbocycles. The average molecular weight is 589 g/mol. The molecule has 0 fully saturated rings. The summed E-state index contributed by atoms with van der Waals surface area (Å²) in [6.07, 6.45) is 0. The molecule has 44 heavy (non-hydrogen) atoms. The topological polar surface area (TPSA) is 152 Å². The Bertz CT molecular complexity index is 1810. The van der Waals surface area contributed by atoms with Gasteiger partial charge in [-0.3, -0.25) is 0 Å². The van der Waals surface area contributed by atoms with Crippen molar-refractivity contribution in [2.24, 2.45) is 0 Å². The number of hydrogen-bond donors (Lipinski definition) is 2. The molecule has 0 spiro atoms. The van der Waals surface area contributed by atoms with Gasteiger partial charge in [0.25, 0.3) is 0 Å². The molecule has 2 N–H and O–H groups in total. The molecule has 0 unspecified atom stereocenters. The van der Waals surface area contributed by atoms with E-state index in [4.69, 9.17) is 19.0 Å². The summed E-state index contributed by atoms with van der Waals surface area (Å²) >= 11 is 0. The number of benzene rings is 4. The number of rotatable bonds is 6. The van der Waals surface area contributed by atoms with Crippen molar-refractivity contribution in [2.45, 2.75) is 27.7 Å². The average Bonchev–Trinajstić information content (AvgIpc) is 3.66. The molecular weight excluding hydrogens is 560 g/mol. The van der Waals surface area contributed by atoms with E-state index in [0.717, 1.165) is 44.5 Å². The molecule has 10 heteroatoms. The van der Waals surface area contributed by atoms with E-state index in [-0.39, 0.29) is 11.1 Å². The van der Waals surface area contributed by atoms with Crippen molar-refractivity contribution in [3.05, 3.63) is 119 Å². The van der Waals surface area contributed by atoms with Gasteiger partial charge in [0.1, 0.15) is 0 Å². The lowest BCUT2D eigenvalue weighted by atomic mass is 9.97. The predicted octanol–water partition coefficient (Wildman–Crippen LogP) is 7.44. The largest absolute Gasteiger partial charge is 0.478 e. The molecular formula is C34H28N4O6. The number of carboxylic acids is 2. The van der Waals surface area contributed by atoms with Gasteiger partial charge in [-0.15, -0.1) is 20.4 Å². The number of aromatic nitrogens is 4. The van der Waals surface area contributed by atoms with Crippen molar-refractivity contribution in [3.8, 4) is 45.2 Å². The summed E-state index contributed by atoms with van der Waals surface area (Å²) in [7, 11) is 0. The van der Waals surface area contributed by atoms with Gasteiger partial charge in [0.15, 0.2) is 0 Å². The van der Waals surface area contributed by atoms with Crippen LogP contribution in [-0.4, -0.2) is 42.5 Å². The van der Waals surface area contributed by atoms with Crippen LogP contribution >= 0.6 is 0 Å². The van der Waals surface area contributed by atoms with E-state index in [2.05, 4.69) is 20.4 Å². The zero-order chi connectivity index (χ0) is 31.4. The van der Waals surface area contributed by atoms with Crippen LogP contribution in [0.1, 0.15) is 43.6 Å². The Kier molecular flexibility index (Phi) is 8.43. The number of carboxylic acid groups (broad SMARTS) is 2. The van der Waals surface area contributed by atoms with Crippen LogP contribution in [0.5, 0.6) is 0 Å². The molecule has 2 aromatic heterocycles. The molecule has 2 heterocycles. The lowest BCUT2D eigenvalue weighted by Crippen LogP contribution is -1.95. The molecule has 0 radical (unpaired) electrons. The fourth-order valence-electron chi connectivity index (χ4n) is 4.54. The van der Waals surface area contributed by atoms with Crippen molar-refractivity contribution in [2.75, 3.05) is 0 Å². The summed E-state index contributed by atoms with van der Waals surface area (Å²) in [5, 5.41) is 33.7. The van der Waals surface area contributed by atoms with Crippen LogP contribution in [0.25, 0.3) is 45.2 Å². The zero-order valence-corrected chi connectivity index (χ0v) is 24.4. The summed E-state index contributed by atoms with van der Waals surface area (Å²) in [5.41, 5.74) is 8.28. The third kappa shape index (κ3) is 6.60. The molecule has 0 atom stereocenters. The maximum absolute atomic E-state index is 10.9. The first kappa shape index (κ1) is 29.6. The standard InChI is InChI=1S/2C17H14N2O3/c2*1-10-3-4-14(16-19-18-11(2)22-16)9-15(10)12-5-7-13(8-6-12)17(20)21/h2*3-9H,1-2H3,(H,20,21). The molecule has 0 saturated carbocycles. The maximum Gasteiger partial charge on any atom is 0.335 e. The third-order valence-electron chi connectivity index (χ3n) is 6.91. The highest BCUT2D eigenvalue weighted by Crippen LogP contribution is 2.30. The Balaban J connectivity index is 0.000000175. The van der Waals surface area contributed by atoms with Gasteiger partial charge in [-0.1, -0.05) is 36.4 Å². The quantitative estimate of drug-likeness (QED) is 0.201. The second-order valence-electron chi connectivity index (χ2n) is 10.1. The molecule has 220 valence electrons. The first-order valence-electron chi connectivity index (χ1n) is 13.6. The Morgan fingerprint density at radius 3 is 1.14 bits per heavy atom. The van der Waals surface area contributed by atoms with Crippen LogP contribution < -0.4 is 0 Å². The van der Waals surface area contributed by atoms with Gasteiger partial charge in [0, 0.05) is 25.0 Å². The van der Waals surface area contributed by atoms with Gasteiger partial charge in [0.05, 0.1) is 11.1 Å². The third-order valence-corrected chi connectivity index (χ3v) is 6.91. The first-order chi connectivity index (χ1) is 21.1. The minimum atomic E-state index is -0.932. The van der Waals surface area contributed by atoms with E-state index in [9.17, 15) is 9.59 Å². The maximum atomic E-state index is 10.9. The summed E-state index contributed by atoms with van der Waals surface area (Å²) in [4.78, 5) is 21.9. The Labute approximate surface area is 252 Å². The smallest absolute Gasteiger partial charge is 0.335 e. The Morgan fingerprint density at radius 2 is 0.841 bits per heavy atom. The summed E-state index contributed by atoms with van der Waals surface area (Å²) in [5.74, 6) is 0.115. The predicted molar refractivity (Wildman–Crippen MR) is 163 cm³/mol. The van der Waals surface area contributed by atoms with Crippen molar-refractivity contribution in [3.63, 3.8) is 0 Å². The van der Waals surface area contributed by atoms with Crippen molar-refractivity contribution >= 4 is 11.9 Å². The van der Waals surface area contributed by atoms with Crippen LogP contribution in [0, 0.1) is 27.7 Å². The fraction of sp³-hybridized carbons (Fsp3) is 0.118. The normalized spacial score (nSPS) is 10.6. The summed E-state index contributed by atoms with van der Waals surface area (Å²) in [6.45, 7) is 7.50. The molecule has 0 aliphatic rings. The SMILES string of the molecule is Cc1nnc(-c2ccc(C)c(-c3ccc(C(=O)O)cc3)c2)o1.Cc1nnc(-c2ccc(C)c(-c3ccc(C(=O)O)cc3)c2)o1. The van der Waals surface area contributed by atoms with Gasteiger partial charge < -0.3 is 19.0 Å². The van der Waals surface area contributed by atoms with E-state index in [1.165, 1.54) is 0 Å². The molecule has 0 aliphatic carbocycles. The van der Waals surface area contributed by atoms with E-state index in [0.29, 0.717) is 23.6 Å². The number of nitrogens with zero attached hydrogens (tertiary/aromatic N) is 4. The lowest BCUT2D eigenvalue weighted by molar-refractivity contribution is 0.0686.